The third-order valence-corrected chi connectivity index (χ3v) is 5.02. The summed E-state index contributed by atoms with van der Waals surface area (Å²) in [4.78, 5) is 26.2. The molecule has 2 fully saturated rings. The number of nitrogens with one attached hydrogen (secondary N) is 2. The molecule has 2 amide bonds. The van der Waals surface area contributed by atoms with E-state index in [1.165, 1.54) is 12.8 Å². The molecule has 0 bridgehead atoms. The number of nitrogens with two attached hydrogens (primary N) is 1. The lowest BCUT2D eigenvalue weighted by atomic mass is 9.96. The van der Waals surface area contributed by atoms with E-state index < -0.39 is 0 Å². The number of hydrogen-bond acceptors (Lipinski definition) is 4. The number of nitrogen functional groups attached to an aromatic ring is 1. The summed E-state index contributed by atoms with van der Waals surface area (Å²) in [6, 6.07) is 1.57. The van der Waals surface area contributed by atoms with Crippen LogP contribution in [0, 0.1) is 11.8 Å². The highest BCUT2D eigenvalue weighted by Gasteiger charge is 2.26. The first-order valence-corrected chi connectivity index (χ1v) is 8.51. The molecule has 1 aromatic rings. The number of carbonyl (C=O) groups is 2. The topological polar surface area (TPSA) is 104 Å². The fourth-order valence-corrected chi connectivity index (χ4v) is 3.53. The molecule has 7 heteroatoms. The first-order chi connectivity index (χ1) is 11.1. The van der Waals surface area contributed by atoms with Crippen molar-refractivity contribution in [1.29, 1.82) is 0 Å². The van der Waals surface area contributed by atoms with E-state index >= 15 is 0 Å². The minimum atomic E-state index is -0.0531. The van der Waals surface area contributed by atoms with Crippen LogP contribution in [-0.2, 0) is 4.79 Å². The Hall–Kier alpha value is -2.05. The van der Waals surface area contributed by atoms with Crippen LogP contribution in [0.2, 0.25) is 0 Å². The SMILES string of the molecule is Nc1cc(C(=O)N2CCC(CNC(=O)C3CCCC3)CC2)[nH]n1. The van der Waals surface area contributed by atoms with Gasteiger partial charge in [0.2, 0.25) is 5.91 Å². The molecule has 126 valence electrons. The minimum Gasteiger partial charge on any atom is -0.382 e. The summed E-state index contributed by atoms with van der Waals surface area (Å²) in [5.41, 5.74) is 5.97. The van der Waals surface area contributed by atoms with Crippen LogP contribution in [0.4, 0.5) is 5.82 Å². The molecule has 4 N–H and O–H groups in total. The van der Waals surface area contributed by atoms with Crippen LogP contribution in [-0.4, -0.2) is 46.5 Å². The Bertz CT molecular complexity index is 557. The van der Waals surface area contributed by atoms with Crippen molar-refractivity contribution in [2.24, 2.45) is 11.8 Å². The van der Waals surface area contributed by atoms with Gasteiger partial charge in [-0.25, -0.2) is 0 Å². The van der Waals surface area contributed by atoms with E-state index in [9.17, 15) is 9.59 Å². The number of aromatic amines is 1. The van der Waals surface area contributed by atoms with E-state index in [2.05, 4.69) is 15.5 Å². The second kappa shape index (κ2) is 7.02. The third-order valence-electron chi connectivity index (χ3n) is 5.02. The summed E-state index contributed by atoms with van der Waals surface area (Å²) in [6.45, 7) is 2.15. The summed E-state index contributed by atoms with van der Waals surface area (Å²) in [6.07, 6.45) is 6.26. The zero-order chi connectivity index (χ0) is 16.2. The molecule has 0 atom stereocenters. The van der Waals surface area contributed by atoms with Gasteiger partial charge in [-0.15, -0.1) is 0 Å². The predicted octanol–water partition coefficient (Wildman–Crippen LogP) is 1.15. The van der Waals surface area contributed by atoms with Crippen molar-refractivity contribution in [1.82, 2.24) is 20.4 Å². The average Bonchev–Trinajstić information content (AvgIpc) is 3.24. The number of piperidine rings is 1. The molecule has 2 aliphatic rings. The quantitative estimate of drug-likeness (QED) is 0.774. The molecule has 1 aromatic heterocycles. The maximum atomic E-state index is 12.3. The van der Waals surface area contributed by atoms with Crippen molar-refractivity contribution < 1.29 is 9.59 Å². The lowest BCUT2D eigenvalue weighted by Gasteiger charge is -2.32. The van der Waals surface area contributed by atoms with Gasteiger partial charge in [0.15, 0.2) is 0 Å². The molecule has 0 unspecified atom stereocenters. The van der Waals surface area contributed by atoms with Gasteiger partial charge in [-0.3, -0.25) is 14.7 Å². The molecule has 1 saturated heterocycles. The van der Waals surface area contributed by atoms with Crippen LogP contribution < -0.4 is 11.1 Å². The Morgan fingerprint density at radius 3 is 2.57 bits per heavy atom. The van der Waals surface area contributed by atoms with E-state index in [1.807, 2.05) is 4.90 Å². The average molecular weight is 319 g/mol. The monoisotopic (exact) mass is 319 g/mol. The molecule has 0 spiro atoms. The Balaban J connectivity index is 1.41. The summed E-state index contributed by atoms with van der Waals surface area (Å²) < 4.78 is 0. The first-order valence-electron chi connectivity index (χ1n) is 8.51. The third kappa shape index (κ3) is 3.83. The molecule has 0 aromatic carbocycles. The number of hydrogen-bond donors (Lipinski definition) is 3. The number of rotatable bonds is 4. The zero-order valence-corrected chi connectivity index (χ0v) is 13.4. The van der Waals surface area contributed by atoms with Gasteiger partial charge in [-0.1, -0.05) is 12.8 Å². The maximum Gasteiger partial charge on any atom is 0.271 e. The molecular weight excluding hydrogens is 294 g/mol. The number of aromatic nitrogens is 2. The fourth-order valence-electron chi connectivity index (χ4n) is 3.53. The van der Waals surface area contributed by atoms with Crippen molar-refractivity contribution in [3.8, 4) is 0 Å². The summed E-state index contributed by atoms with van der Waals surface area (Å²) in [7, 11) is 0. The van der Waals surface area contributed by atoms with E-state index in [-0.39, 0.29) is 17.7 Å². The fraction of sp³-hybridized carbons (Fsp3) is 0.688. The van der Waals surface area contributed by atoms with E-state index in [0.29, 0.717) is 30.5 Å². The lowest BCUT2D eigenvalue weighted by molar-refractivity contribution is -0.125. The summed E-state index contributed by atoms with van der Waals surface area (Å²) in [5.74, 6) is 1.17. The molecular formula is C16H25N5O2. The number of H-pyrrole nitrogens is 1. The molecule has 7 nitrogen and oxygen atoms in total. The highest BCUT2D eigenvalue weighted by Crippen LogP contribution is 2.25. The Morgan fingerprint density at radius 1 is 1.26 bits per heavy atom. The molecule has 23 heavy (non-hydrogen) atoms. The van der Waals surface area contributed by atoms with Gasteiger partial charge in [-0.05, 0) is 31.6 Å². The van der Waals surface area contributed by atoms with E-state index in [0.717, 1.165) is 32.2 Å². The maximum absolute atomic E-state index is 12.3. The lowest BCUT2D eigenvalue weighted by Crippen LogP contribution is -2.42. The Morgan fingerprint density at radius 2 is 1.96 bits per heavy atom. The molecule has 3 rings (SSSR count). The Labute approximate surface area is 136 Å². The second-order valence-electron chi connectivity index (χ2n) is 6.67. The normalized spacial score (nSPS) is 19.9. The van der Waals surface area contributed by atoms with Gasteiger partial charge in [-0.2, -0.15) is 5.10 Å². The van der Waals surface area contributed by atoms with Gasteiger partial charge in [0.05, 0.1) is 0 Å². The number of carbonyl (C=O) groups excluding carboxylic acids is 2. The Kier molecular flexibility index (Phi) is 4.83. The van der Waals surface area contributed by atoms with Crippen LogP contribution in [0.25, 0.3) is 0 Å². The highest BCUT2D eigenvalue weighted by molar-refractivity contribution is 5.93. The number of amides is 2. The summed E-state index contributed by atoms with van der Waals surface area (Å²) >= 11 is 0. The van der Waals surface area contributed by atoms with Gasteiger partial charge in [0.1, 0.15) is 11.5 Å². The van der Waals surface area contributed by atoms with Gasteiger partial charge < -0.3 is 16.0 Å². The largest absolute Gasteiger partial charge is 0.382 e. The van der Waals surface area contributed by atoms with E-state index in [4.69, 9.17) is 5.73 Å². The second-order valence-corrected chi connectivity index (χ2v) is 6.67. The smallest absolute Gasteiger partial charge is 0.271 e. The van der Waals surface area contributed by atoms with Crippen molar-refractivity contribution in [2.75, 3.05) is 25.4 Å². The number of anilines is 1. The summed E-state index contributed by atoms with van der Waals surface area (Å²) in [5, 5.41) is 9.55. The molecule has 1 aliphatic heterocycles. The standard InChI is InChI=1S/C16H25N5O2/c17-14-9-13(19-20-14)16(23)21-7-5-11(6-8-21)10-18-15(22)12-3-1-2-4-12/h9,11-12H,1-8,10H2,(H,18,22)(H3,17,19,20). The van der Waals surface area contributed by atoms with Crippen LogP contribution in [0.1, 0.15) is 49.0 Å². The van der Waals surface area contributed by atoms with Crippen molar-refractivity contribution in [3.63, 3.8) is 0 Å². The molecule has 1 saturated carbocycles. The van der Waals surface area contributed by atoms with Gasteiger partial charge >= 0.3 is 0 Å². The van der Waals surface area contributed by atoms with Crippen LogP contribution in [0.5, 0.6) is 0 Å². The van der Waals surface area contributed by atoms with Crippen LogP contribution >= 0.6 is 0 Å². The van der Waals surface area contributed by atoms with Crippen molar-refractivity contribution in [2.45, 2.75) is 38.5 Å². The van der Waals surface area contributed by atoms with Crippen LogP contribution in [0.3, 0.4) is 0 Å². The van der Waals surface area contributed by atoms with Gasteiger partial charge in [0.25, 0.3) is 5.91 Å². The molecule has 0 radical (unpaired) electrons. The van der Waals surface area contributed by atoms with Gasteiger partial charge in [0, 0.05) is 31.6 Å². The molecule has 2 heterocycles. The number of nitrogens with zero attached hydrogens (tertiary/aromatic N) is 2. The predicted molar refractivity (Wildman–Crippen MR) is 86.6 cm³/mol. The van der Waals surface area contributed by atoms with Crippen molar-refractivity contribution >= 4 is 17.6 Å². The first kappa shape index (κ1) is 15.8. The van der Waals surface area contributed by atoms with Crippen molar-refractivity contribution in [3.05, 3.63) is 11.8 Å². The van der Waals surface area contributed by atoms with Crippen LogP contribution in [0.15, 0.2) is 6.07 Å². The highest BCUT2D eigenvalue weighted by atomic mass is 16.2. The van der Waals surface area contributed by atoms with E-state index in [1.54, 1.807) is 6.07 Å². The molecule has 1 aliphatic carbocycles. The minimum absolute atomic E-state index is 0.0531. The zero-order valence-electron chi connectivity index (χ0n) is 13.4. The number of likely N-dealkylation sites (tertiary alicyclic amines) is 1.